The lowest BCUT2D eigenvalue weighted by atomic mass is 9.70. The largest absolute Gasteiger partial charge is 0.465 e. The van der Waals surface area contributed by atoms with Crippen molar-refractivity contribution in [1.29, 1.82) is 0 Å². The number of aliphatic hydroxyl groups excluding tert-OH is 1. The number of fused-ring (bicyclic) bond motifs is 1. The second kappa shape index (κ2) is 10.4. The number of carbonyl (C=O) groups excluding carboxylic acids is 3. The number of esters is 1. The van der Waals surface area contributed by atoms with Crippen LogP contribution in [-0.2, 0) is 23.9 Å². The molecule has 8 heteroatoms. The molecule has 0 aliphatic carbocycles. The zero-order valence-electron chi connectivity index (χ0n) is 20.1. The summed E-state index contributed by atoms with van der Waals surface area (Å²) in [7, 11) is 0. The van der Waals surface area contributed by atoms with Gasteiger partial charge in [-0.1, -0.05) is 12.2 Å². The van der Waals surface area contributed by atoms with Crippen LogP contribution in [0.25, 0.3) is 0 Å². The third-order valence-electron chi connectivity index (χ3n) is 7.26. The minimum atomic E-state index is -1.08. The smallest absolute Gasteiger partial charge is 0.312 e. The normalized spacial score (nSPS) is 30.9. The highest BCUT2D eigenvalue weighted by Crippen LogP contribution is 2.59. The van der Waals surface area contributed by atoms with Crippen molar-refractivity contribution in [2.45, 2.75) is 82.7 Å². The average molecular weight is 463 g/mol. The Bertz CT molecular complexity index is 783. The fourth-order valence-corrected chi connectivity index (χ4v) is 5.71. The first-order chi connectivity index (χ1) is 15.7. The van der Waals surface area contributed by atoms with Gasteiger partial charge in [-0.15, -0.1) is 13.2 Å². The molecule has 0 radical (unpaired) electrons. The summed E-state index contributed by atoms with van der Waals surface area (Å²) in [5, 5.41) is 9.88. The summed E-state index contributed by atoms with van der Waals surface area (Å²) in [5.41, 5.74) is -1.08. The molecule has 1 spiro atoms. The summed E-state index contributed by atoms with van der Waals surface area (Å²) >= 11 is 0. The molecule has 6 atom stereocenters. The summed E-state index contributed by atoms with van der Waals surface area (Å²) < 4.78 is 11.9. The standard InChI is InChI=1S/C25H38N2O6/c1-6-8-9-10-14-32-24(31)19-18-11-12-25(33-18)20(19)22(29)27(17(5)15-28)21(25)23(30)26(13-7-2)16(3)4/h6-7,16-21,28H,1-2,8-15H2,3-5H3/t17-,18-,19+,20+,21?,25?/m1/s1. The van der Waals surface area contributed by atoms with Gasteiger partial charge in [0.15, 0.2) is 0 Å². The monoisotopic (exact) mass is 462 g/mol. The van der Waals surface area contributed by atoms with Gasteiger partial charge in [-0.25, -0.2) is 0 Å². The van der Waals surface area contributed by atoms with Crippen LogP contribution in [0.5, 0.6) is 0 Å². The molecule has 0 saturated carbocycles. The Morgan fingerprint density at radius 3 is 2.64 bits per heavy atom. The molecule has 3 heterocycles. The van der Waals surface area contributed by atoms with Gasteiger partial charge in [0.1, 0.15) is 11.6 Å². The van der Waals surface area contributed by atoms with Gasteiger partial charge < -0.3 is 24.4 Å². The van der Waals surface area contributed by atoms with Crippen LogP contribution in [0.1, 0.15) is 52.9 Å². The Kier molecular flexibility index (Phi) is 8.00. The van der Waals surface area contributed by atoms with Crippen LogP contribution < -0.4 is 0 Å². The van der Waals surface area contributed by atoms with Crippen molar-refractivity contribution in [2.24, 2.45) is 11.8 Å². The highest BCUT2D eigenvalue weighted by molar-refractivity contribution is 5.98. The number of allylic oxidation sites excluding steroid dienone is 1. The van der Waals surface area contributed by atoms with Gasteiger partial charge in [-0.3, -0.25) is 14.4 Å². The number of hydrogen-bond donors (Lipinski definition) is 1. The maximum Gasteiger partial charge on any atom is 0.312 e. The van der Waals surface area contributed by atoms with Crippen LogP contribution >= 0.6 is 0 Å². The molecule has 3 aliphatic heterocycles. The summed E-state index contributed by atoms with van der Waals surface area (Å²) in [6.07, 6.45) is 6.60. The molecule has 3 saturated heterocycles. The quantitative estimate of drug-likeness (QED) is 0.271. The van der Waals surface area contributed by atoms with E-state index in [1.54, 1.807) is 17.9 Å². The van der Waals surface area contributed by atoms with Crippen LogP contribution in [0.2, 0.25) is 0 Å². The predicted octanol–water partition coefficient (Wildman–Crippen LogP) is 2.06. The number of likely N-dealkylation sites (tertiary alicyclic amines) is 1. The molecule has 2 bridgehead atoms. The van der Waals surface area contributed by atoms with Gasteiger partial charge in [-0.2, -0.15) is 0 Å². The van der Waals surface area contributed by atoms with E-state index in [9.17, 15) is 19.5 Å². The van der Waals surface area contributed by atoms with Crippen LogP contribution in [0.4, 0.5) is 0 Å². The van der Waals surface area contributed by atoms with Crippen LogP contribution in [0.3, 0.4) is 0 Å². The van der Waals surface area contributed by atoms with E-state index in [0.717, 1.165) is 19.3 Å². The predicted molar refractivity (Wildman–Crippen MR) is 123 cm³/mol. The Morgan fingerprint density at radius 1 is 1.30 bits per heavy atom. The molecule has 2 amide bonds. The van der Waals surface area contributed by atoms with E-state index in [0.29, 0.717) is 19.4 Å². The lowest BCUT2D eigenvalue weighted by molar-refractivity contribution is -0.156. The maximum absolute atomic E-state index is 13.8. The van der Waals surface area contributed by atoms with Crippen LogP contribution in [0.15, 0.2) is 25.3 Å². The molecular formula is C25H38N2O6. The van der Waals surface area contributed by atoms with E-state index in [1.165, 1.54) is 4.90 Å². The molecule has 33 heavy (non-hydrogen) atoms. The van der Waals surface area contributed by atoms with Crippen LogP contribution in [-0.4, -0.2) is 82.3 Å². The molecule has 3 fully saturated rings. The molecule has 8 nitrogen and oxygen atoms in total. The van der Waals surface area contributed by atoms with E-state index in [2.05, 4.69) is 13.2 Å². The minimum Gasteiger partial charge on any atom is -0.465 e. The Hall–Kier alpha value is -2.19. The second-order valence-electron chi connectivity index (χ2n) is 9.66. The molecular weight excluding hydrogens is 424 g/mol. The molecule has 0 aromatic rings. The van der Waals surface area contributed by atoms with Gasteiger partial charge in [0.05, 0.1) is 37.2 Å². The number of unbranched alkanes of at least 4 members (excludes halogenated alkanes) is 2. The van der Waals surface area contributed by atoms with E-state index in [-0.39, 0.29) is 31.1 Å². The van der Waals surface area contributed by atoms with Crippen LogP contribution in [0, 0.1) is 11.8 Å². The Balaban J connectivity index is 1.91. The van der Waals surface area contributed by atoms with Crippen molar-refractivity contribution >= 4 is 17.8 Å². The number of carbonyl (C=O) groups is 3. The first-order valence-electron chi connectivity index (χ1n) is 12.0. The molecule has 3 rings (SSSR count). The van der Waals surface area contributed by atoms with E-state index < -0.39 is 41.6 Å². The van der Waals surface area contributed by atoms with Gasteiger partial charge in [0.2, 0.25) is 11.8 Å². The fraction of sp³-hybridized carbons (Fsp3) is 0.720. The zero-order valence-corrected chi connectivity index (χ0v) is 20.1. The van der Waals surface area contributed by atoms with Gasteiger partial charge >= 0.3 is 5.97 Å². The van der Waals surface area contributed by atoms with Gasteiger partial charge in [0.25, 0.3) is 0 Å². The third-order valence-corrected chi connectivity index (χ3v) is 7.26. The molecule has 184 valence electrons. The molecule has 1 N–H and O–H groups in total. The van der Waals surface area contributed by atoms with E-state index in [4.69, 9.17) is 9.47 Å². The summed E-state index contributed by atoms with van der Waals surface area (Å²) in [6, 6.07) is -1.58. The second-order valence-corrected chi connectivity index (χ2v) is 9.66. The molecule has 0 aromatic heterocycles. The summed E-state index contributed by atoms with van der Waals surface area (Å²) in [6.45, 7) is 13.3. The van der Waals surface area contributed by atoms with Crippen molar-refractivity contribution in [3.8, 4) is 0 Å². The Labute approximate surface area is 196 Å². The first-order valence-corrected chi connectivity index (χ1v) is 12.0. The number of ether oxygens (including phenoxy) is 2. The van der Waals surface area contributed by atoms with E-state index >= 15 is 0 Å². The van der Waals surface area contributed by atoms with Crippen molar-refractivity contribution in [1.82, 2.24) is 9.80 Å². The summed E-state index contributed by atoms with van der Waals surface area (Å²) in [5.74, 6) is -2.50. The number of aliphatic hydroxyl groups is 1. The first kappa shape index (κ1) is 25.4. The minimum absolute atomic E-state index is 0.109. The van der Waals surface area contributed by atoms with Gasteiger partial charge in [0, 0.05) is 12.6 Å². The van der Waals surface area contributed by atoms with Crippen molar-refractivity contribution in [3.63, 3.8) is 0 Å². The number of amides is 2. The van der Waals surface area contributed by atoms with Crippen molar-refractivity contribution in [3.05, 3.63) is 25.3 Å². The number of nitrogens with zero attached hydrogens (tertiary/aromatic N) is 2. The third kappa shape index (κ3) is 4.35. The van der Waals surface area contributed by atoms with Crippen molar-refractivity contribution < 1.29 is 29.0 Å². The molecule has 3 aliphatic rings. The topological polar surface area (TPSA) is 96.4 Å². The molecule has 0 aromatic carbocycles. The zero-order chi connectivity index (χ0) is 24.3. The lowest BCUT2D eigenvalue weighted by Crippen LogP contribution is -2.59. The van der Waals surface area contributed by atoms with Crippen molar-refractivity contribution in [2.75, 3.05) is 19.8 Å². The maximum atomic E-state index is 13.8. The fourth-order valence-electron chi connectivity index (χ4n) is 5.71. The van der Waals surface area contributed by atoms with Gasteiger partial charge in [-0.05, 0) is 52.9 Å². The SMILES string of the molecule is C=CCCCCOC(=O)[C@@H]1[C@H]2C(=O)N([C@H](C)CO)C(C(=O)N(CC=C)C(C)C)C23CC[C@H]1O3. The lowest BCUT2D eigenvalue weighted by Gasteiger charge is -2.39. The highest BCUT2D eigenvalue weighted by atomic mass is 16.6. The Morgan fingerprint density at radius 2 is 2.03 bits per heavy atom. The summed E-state index contributed by atoms with van der Waals surface area (Å²) in [4.78, 5) is 43.7. The number of hydrogen-bond acceptors (Lipinski definition) is 6. The highest BCUT2D eigenvalue weighted by Gasteiger charge is 2.75. The average Bonchev–Trinajstić information content (AvgIpc) is 3.43. The number of rotatable bonds is 12. The molecule has 2 unspecified atom stereocenters. The van der Waals surface area contributed by atoms with E-state index in [1.807, 2.05) is 19.9 Å².